The van der Waals surface area contributed by atoms with E-state index in [4.69, 9.17) is 15.7 Å². The van der Waals surface area contributed by atoms with Crippen LogP contribution in [0.1, 0.15) is 21.5 Å². The summed E-state index contributed by atoms with van der Waals surface area (Å²) in [6.45, 7) is 0.634. The van der Waals surface area contributed by atoms with Crippen LogP contribution in [0.2, 0.25) is 0 Å². The average molecular weight is 287 g/mol. The van der Waals surface area contributed by atoms with Crippen LogP contribution in [0.5, 0.6) is 5.75 Å². The summed E-state index contributed by atoms with van der Waals surface area (Å²) in [5, 5.41) is 20.6. The summed E-state index contributed by atoms with van der Waals surface area (Å²) < 4.78 is 5.40. The van der Waals surface area contributed by atoms with E-state index in [2.05, 4.69) is 20.7 Å². The van der Waals surface area contributed by atoms with Gasteiger partial charge in [-0.1, -0.05) is 5.16 Å². The molecule has 0 unspecified atom stereocenters. The van der Waals surface area contributed by atoms with Crippen LogP contribution in [0.4, 0.5) is 5.82 Å². The number of H-pyrrole nitrogens is 1. The zero-order valence-corrected chi connectivity index (χ0v) is 11.0. The molecule has 8 heteroatoms. The first kappa shape index (κ1) is 13.0. The molecule has 0 saturated heterocycles. The quantitative estimate of drug-likeness (QED) is 0.286. The van der Waals surface area contributed by atoms with Crippen LogP contribution in [0.3, 0.4) is 0 Å². The molecule has 108 valence electrons. The summed E-state index contributed by atoms with van der Waals surface area (Å²) in [7, 11) is 0. The number of carbonyl (C=O) groups is 1. The molecule has 21 heavy (non-hydrogen) atoms. The number of benzene rings is 1. The summed E-state index contributed by atoms with van der Waals surface area (Å²) >= 11 is 0. The third-order valence-electron chi connectivity index (χ3n) is 3.21. The molecule has 0 radical (unpaired) electrons. The number of aromatic nitrogens is 2. The van der Waals surface area contributed by atoms with E-state index in [-0.39, 0.29) is 17.6 Å². The number of nitrogens with zero attached hydrogens (tertiary/aromatic N) is 2. The fraction of sp³-hybridized carbons (Fsp3) is 0.154. The van der Waals surface area contributed by atoms with Crippen molar-refractivity contribution in [3.63, 3.8) is 0 Å². The summed E-state index contributed by atoms with van der Waals surface area (Å²) in [5.41, 5.74) is 7.32. The van der Waals surface area contributed by atoms with E-state index < -0.39 is 0 Å². The van der Waals surface area contributed by atoms with Crippen molar-refractivity contribution in [2.75, 3.05) is 11.9 Å². The van der Waals surface area contributed by atoms with Gasteiger partial charge in [-0.2, -0.15) is 5.10 Å². The smallest absolute Gasteiger partial charge is 0.256 e. The van der Waals surface area contributed by atoms with Gasteiger partial charge in [-0.05, 0) is 23.8 Å². The maximum atomic E-state index is 12.2. The van der Waals surface area contributed by atoms with Gasteiger partial charge in [0.25, 0.3) is 5.91 Å². The number of nitrogens with two attached hydrogens (primary N) is 1. The Hall–Kier alpha value is -3.03. The van der Waals surface area contributed by atoms with Gasteiger partial charge in [-0.25, -0.2) is 0 Å². The van der Waals surface area contributed by atoms with Crippen molar-refractivity contribution in [1.29, 1.82) is 0 Å². The number of oxime groups is 1. The van der Waals surface area contributed by atoms with Gasteiger partial charge >= 0.3 is 0 Å². The summed E-state index contributed by atoms with van der Waals surface area (Å²) in [6.07, 6.45) is 2.15. The van der Waals surface area contributed by atoms with Crippen LogP contribution >= 0.6 is 0 Å². The molecule has 1 aromatic heterocycles. The third kappa shape index (κ3) is 2.38. The van der Waals surface area contributed by atoms with Gasteiger partial charge < -0.3 is 21.0 Å². The molecule has 8 nitrogen and oxygen atoms in total. The molecule has 0 aliphatic carbocycles. The number of nitrogens with one attached hydrogen (secondary N) is 2. The van der Waals surface area contributed by atoms with Crippen molar-refractivity contribution in [1.82, 2.24) is 10.2 Å². The number of fused-ring (bicyclic) bond motifs is 1. The fourth-order valence-electron chi connectivity index (χ4n) is 2.14. The van der Waals surface area contributed by atoms with E-state index in [1.165, 1.54) is 6.20 Å². The van der Waals surface area contributed by atoms with Crippen LogP contribution in [0.25, 0.3) is 0 Å². The fourth-order valence-corrected chi connectivity index (χ4v) is 2.14. The Labute approximate surface area is 119 Å². The van der Waals surface area contributed by atoms with Crippen LogP contribution in [0, 0.1) is 0 Å². The number of rotatable bonds is 3. The Kier molecular flexibility index (Phi) is 3.19. The second kappa shape index (κ2) is 5.16. The average Bonchev–Trinajstić information content (AvgIpc) is 3.14. The second-order valence-corrected chi connectivity index (χ2v) is 4.52. The Morgan fingerprint density at radius 1 is 1.52 bits per heavy atom. The van der Waals surface area contributed by atoms with Gasteiger partial charge in [0.1, 0.15) is 11.6 Å². The molecule has 2 aromatic rings. The molecule has 1 amide bonds. The largest absolute Gasteiger partial charge is 0.493 e. The number of amidine groups is 1. The third-order valence-corrected chi connectivity index (χ3v) is 3.21. The van der Waals surface area contributed by atoms with Gasteiger partial charge in [0.2, 0.25) is 0 Å². The molecule has 0 fully saturated rings. The number of ether oxygens (including phenoxy) is 1. The maximum absolute atomic E-state index is 12.2. The molecule has 0 atom stereocenters. The predicted octanol–water partition coefficient (Wildman–Crippen LogP) is 0.691. The standard InChI is InChI=1S/C13H13N5O3/c14-11(18-20)9-6-15-17-12(9)16-13(19)8-1-2-10-7(5-8)3-4-21-10/h1-2,5-6,20H,3-4H2,(H2,14,18)(H2,15,16,17,19). The molecule has 0 spiro atoms. The van der Waals surface area contributed by atoms with Crippen molar-refractivity contribution in [2.45, 2.75) is 6.42 Å². The number of aromatic amines is 1. The number of anilines is 1. The Bertz CT molecular complexity index is 722. The minimum absolute atomic E-state index is 0.138. The molecule has 5 N–H and O–H groups in total. The first-order valence-corrected chi connectivity index (χ1v) is 6.27. The van der Waals surface area contributed by atoms with E-state index in [1.54, 1.807) is 18.2 Å². The lowest BCUT2D eigenvalue weighted by Gasteiger charge is -2.06. The monoisotopic (exact) mass is 287 g/mol. The summed E-state index contributed by atoms with van der Waals surface area (Å²) in [5.74, 6) is 0.625. The molecule has 3 rings (SSSR count). The minimum Gasteiger partial charge on any atom is -0.493 e. The number of hydrogen-bond acceptors (Lipinski definition) is 5. The van der Waals surface area contributed by atoms with Crippen LogP contribution in [0.15, 0.2) is 29.6 Å². The highest BCUT2D eigenvalue weighted by molar-refractivity contribution is 6.09. The Morgan fingerprint density at radius 2 is 2.38 bits per heavy atom. The number of hydrogen-bond donors (Lipinski definition) is 4. The van der Waals surface area contributed by atoms with Crippen LogP contribution in [-0.4, -0.2) is 33.8 Å². The highest BCUT2D eigenvalue weighted by Crippen LogP contribution is 2.26. The van der Waals surface area contributed by atoms with E-state index in [9.17, 15) is 4.79 Å². The summed E-state index contributed by atoms with van der Waals surface area (Å²) in [4.78, 5) is 12.2. The number of amides is 1. The van der Waals surface area contributed by atoms with Gasteiger partial charge in [0.15, 0.2) is 5.84 Å². The lowest BCUT2D eigenvalue weighted by molar-refractivity contribution is 0.102. The SMILES string of the molecule is NC(=NO)c1cn[nH]c1NC(=O)c1ccc2c(c1)CCO2. The van der Waals surface area contributed by atoms with Crippen molar-refractivity contribution in [3.05, 3.63) is 41.1 Å². The van der Waals surface area contributed by atoms with Gasteiger partial charge in [0, 0.05) is 12.0 Å². The van der Waals surface area contributed by atoms with Gasteiger partial charge in [0.05, 0.1) is 18.4 Å². The van der Waals surface area contributed by atoms with Crippen molar-refractivity contribution in [2.24, 2.45) is 10.9 Å². The van der Waals surface area contributed by atoms with E-state index in [0.29, 0.717) is 17.7 Å². The van der Waals surface area contributed by atoms with E-state index in [1.807, 2.05) is 0 Å². The zero-order chi connectivity index (χ0) is 14.8. The second-order valence-electron chi connectivity index (χ2n) is 4.52. The molecule has 0 saturated carbocycles. The van der Waals surface area contributed by atoms with Gasteiger partial charge in [-0.3, -0.25) is 9.89 Å². The van der Waals surface area contributed by atoms with E-state index in [0.717, 1.165) is 17.7 Å². The summed E-state index contributed by atoms with van der Waals surface area (Å²) in [6, 6.07) is 5.24. The highest BCUT2D eigenvalue weighted by atomic mass is 16.5. The van der Waals surface area contributed by atoms with Crippen LogP contribution in [-0.2, 0) is 6.42 Å². The molecule has 1 aliphatic heterocycles. The topological polar surface area (TPSA) is 126 Å². The molecular weight excluding hydrogens is 274 g/mol. The molecule has 1 aromatic carbocycles. The molecule has 2 heterocycles. The van der Waals surface area contributed by atoms with E-state index >= 15 is 0 Å². The lowest BCUT2D eigenvalue weighted by Crippen LogP contribution is -2.18. The zero-order valence-electron chi connectivity index (χ0n) is 11.0. The van der Waals surface area contributed by atoms with Crippen LogP contribution < -0.4 is 15.8 Å². The molecule has 0 bridgehead atoms. The maximum Gasteiger partial charge on any atom is 0.256 e. The molecular formula is C13H13N5O3. The predicted molar refractivity (Wildman–Crippen MR) is 74.7 cm³/mol. The van der Waals surface area contributed by atoms with Gasteiger partial charge in [-0.15, -0.1) is 0 Å². The Balaban J connectivity index is 1.82. The highest BCUT2D eigenvalue weighted by Gasteiger charge is 2.17. The number of carbonyl (C=O) groups excluding carboxylic acids is 1. The first-order chi connectivity index (χ1) is 10.2. The molecule has 1 aliphatic rings. The van der Waals surface area contributed by atoms with Crippen molar-refractivity contribution >= 4 is 17.6 Å². The van der Waals surface area contributed by atoms with Crippen molar-refractivity contribution < 1.29 is 14.7 Å². The first-order valence-electron chi connectivity index (χ1n) is 6.27. The van der Waals surface area contributed by atoms with Crippen molar-refractivity contribution in [3.8, 4) is 5.75 Å². The minimum atomic E-state index is -0.319. The normalized spacial score (nSPS) is 13.6. The lowest BCUT2D eigenvalue weighted by atomic mass is 10.1. The Morgan fingerprint density at radius 3 is 3.19 bits per heavy atom.